The lowest BCUT2D eigenvalue weighted by atomic mass is 9.98. The zero-order valence-corrected chi connectivity index (χ0v) is 75.2. The van der Waals surface area contributed by atoms with Crippen LogP contribution in [0.4, 0.5) is 0 Å². The van der Waals surface area contributed by atoms with Crippen molar-refractivity contribution in [1.82, 2.24) is 0 Å². The number of fused-ring (bicyclic) bond motifs is 25. The van der Waals surface area contributed by atoms with E-state index in [1.165, 1.54) is 61.2 Å². The van der Waals surface area contributed by atoms with Crippen LogP contribution in [0.5, 0.6) is 0 Å². The third kappa shape index (κ3) is 13.8. The van der Waals surface area contributed by atoms with E-state index in [0.29, 0.717) is 5.78 Å². The Kier molecular flexibility index (Phi) is 19.6. The van der Waals surface area contributed by atoms with Crippen molar-refractivity contribution in [3.63, 3.8) is 0 Å². The molecule has 15 aromatic heterocycles. The van der Waals surface area contributed by atoms with Crippen LogP contribution in [0, 0.1) is 41.5 Å². The summed E-state index contributed by atoms with van der Waals surface area (Å²) in [6, 6.07) is 108. The topological polar surface area (TPSA) is 151 Å². The predicted octanol–water partition coefficient (Wildman–Crippen LogP) is 29.3. The Morgan fingerprint density at radius 3 is 0.970 bits per heavy atom. The predicted molar refractivity (Wildman–Crippen MR) is 530 cm³/mol. The molecule has 0 N–H and O–H groups in total. The number of benzene rings is 12. The van der Waals surface area contributed by atoms with Crippen LogP contribution in [0.3, 0.4) is 0 Å². The van der Waals surface area contributed by atoms with Crippen molar-refractivity contribution in [1.29, 1.82) is 0 Å². The highest BCUT2D eigenvalue weighted by molar-refractivity contribution is 6.20. The minimum Gasteiger partial charge on any atom is -0.452 e. The zero-order valence-electron chi connectivity index (χ0n) is 75.2. The summed E-state index contributed by atoms with van der Waals surface area (Å²) in [5.74, 6) is 0.588. The van der Waals surface area contributed by atoms with Gasteiger partial charge in [0.2, 0.25) is 28.5 Å². The van der Waals surface area contributed by atoms with Crippen molar-refractivity contribution >= 4 is 166 Å². The molecule has 0 saturated heterocycles. The maximum Gasteiger partial charge on any atom is 0.299 e. The second-order valence-electron chi connectivity index (χ2n) is 34.7. The molecule has 0 bridgehead atoms. The standard InChI is InChI=1S/2C27H20NO2.C22H18NO2.2C21H16NO2/c1-17-14-22-25(30-27-26(22)20-10-6-7-11-24(20)29-27)16-21(17)23-15-19(12-13-28(23)2)18-8-4-3-5-9-18;1-17-12-13-21-25(30-26-20-10-6-7-11-23(20)29-27(21)26)24(17)22-16-19(14-15-28(22)2)18-8-4-3-5-9-18;1-13-10-11-23(3)17(12-13)19-14(2)8-9-16-20(19)25-21-15-6-4-5-7-18(15)24-22(16)21;1-13-10-11-15-19(18(13)16-8-5-6-12-22(16)2)24-20-14-7-3-4-9-17(14)23-21(15)20;1-13-11-16-19(12-15(13)17-8-5-6-10-22(17)2)24-20-14-7-3-4-9-18(14)23-21(16)20/h2*3-16H,1-2H3;4-12H,1-3H3;2*3-12H,1-2H3/q5*+1. The van der Waals surface area contributed by atoms with Crippen molar-refractivity contribution < 1.29 is 67.0 Å². The lowest BCUT2D eigenvalue weighted by Crippen LogP contribution is -2.30. The Morgan fingerprint density at radius 1 is 0.180 bits per heavy atom. The lowest BCUT2D eigenvalue weighted by molar-refractivity contribution is -0.660. The molecule has 0 radical (unpaired) electrons. The molecule has 27 aromatic rings. The fourth-order valence-corrected chi connectivity index (χ4v) is 19.2. The number of nitrogens with zero attached hydrogens (tertiary/aromatic N) is 5. The smallest absolute Gasteiger partial charge is 0.299 e. The molecule has 0 fully saturated rings. The number of hydrogen-bond donors (Lipinski definition) is 0. The SMILES string of the molecule is Cc1cc2c(cc1-c1cc(-c3ccccc3)cc[n+]1C)oc1oc3ccccc3c12.Cc1cc2c(cc1-c1cccc[n+]1C)oc1c3ccccc3oc21.Cc1cc[n+](C)c(-c2c(C)ccc3c2oc2c4ccccc4oc32)c1.Cc1ccc2c(oc3c4ccccc4oc23)c1-c1cc(-c2ccccc2)cc[n+]1C.Cc1ccc2c(oc3c4ccccc4oc23)c1-c1cccc[n+]1C. The van der Waals surface area contributed by atoms with Gasteiger partial charge in [-0.2, -0.15) is 0 Å². The van der Waals surface area contributed by atoms with E-state index in [1.807, 2.05) is 140 Å². The average molecular weight is 1740 g/mol. The van der Waals surface area contributed by atoms with Crippen molar-refractivity contribution in [3.05, 3.63) is 380 Å². The van der Waals surface area contributed by atoms with E-state index in [9.17, 15) is 0 Å². The molecule has 0 atom stereocenters. The first-order valence-electron chi connectivity index (χ1n) is 44.7. The van der Waals surface area contributed by atoms with Crippen LogP contribution in [0.2, 0.25) is 0 Å². The molecule has 0 unspecified atom stereocenters. The third-order valence-electron chi connectivity index (χ3n) is 26.0. The van der Waals surface area contributed by atoms with Gasteiger partial charge < -0.3 is 44.2 Å². The quantitative estimate of drug-likeness (QED) is 0.141. The Balaban J connectivity index is 0.0000000944. The summed E-state index contributed by atoms with van der Waals surface area (Å²) in [6.45, 7) is 12.8. The molecule has 133 heavy (non-hydrogen) atoms. The molecule has 0 amide bonds. The summed E-state index contributed by atoms with van der Waals surface area (Å²) < 4.78 is 72.4. The molecule has 642 valence electrons. The summed E-state index contributed by atoms with van der Waals surface area (Å²) in [5, 5.41) is 11.4. The average Bonchev–Trinajstić information content (AvgIpc) is 1.61. The molecule has 15 heterocycles. The number of rotatable bonds is 7. The second kappa shape index (κ2) is 32.4. The molecule has 12 aromatic carbocycles. The highest BCUT2D eigenvalue weighted by atomic mass is 16.5. The number of aryl methyl sites for hydroxylation is 11. The van der Waals surface area contributed by atoms with Gasteiger partial charge in [0.25, 0.3) is 5.78 Å². The monoisotopic (exact) mass is 1740 g/mol. The van der Waals surface area contributed by atoms with E-state index in [-0.39, 0.29) is 0 Å². The first-order chi connectivity index (χ1) is 65.0. The molecular formula is C118H90N5O10+5. The van der Waals surface area contributed by atoms with Crippen LogP contribution in [-0.4, -0.2) is 0 Å². The van der Waals surface area contributed by atoms with Gasteiger partial charge in [-0.3, -0.25) is 0 Å². The van der Waals surface area contributed by atoms with Crippen LogP contribution < -0.4 is 22.8 Å². The fourth-order valence-electron chi connectivity index (χ4n) is 19.2. The summed E-state index contributed by atoms with van der Waals surface area (Å²) in [6.07, 6.45) is 10.4. The summed E-state index contributed by atoms with van der Waals surface area (Å²) in [7, 11) is 10.3. The lowest BCUT2D eigenvalue weighted by Gasteiger charge is -2.08. The number of furan rings is 10. The zero-order chi connectivity index (χ0) is 90.1. The van der Waals surface area contributed by atoms with Crippen molar-refractivity contribution in [2.45, 2.75) is 41.5 Å². The first kappa shape index (κ1) is 80.6. The molecule has 15 nitrogen and oxygen atoms in total. The fraction of sp³-hybridized carbons (Fsp3) is 0.0932. The Hall–Kier alpha value is -16.9. The van der Waals surface area contributed by atoms with E-state index < -0.39 is 0 Å². The summed E-state index contributed by atoms with van der Waals surface area (Å²) in [5.41, 5.74) is 38.6. The normalized spacial score (nSPS) is 11.7. The minimum atomic E-state index is 0.588. The van der Waals surface area contributed by atoms with Gasteiger partial charge in [-0.15, -0.1) is 0 Å². The number of hydrogen-bond acceptors (Lipinski definition) is 10. The molecule has 15 heteroatoms. The highest BCUT2D eigenvalue weighted by Crippen LogP contribution is 2.48. The van der Waals surface area contributed by atoms with Gasteiger partial charge in [0.15, 0.2) is 92.4 Å². The highest BCUT2D eigenvalue weighted by Gasteiger charge is 2.30. The summed E-state index contributed by atoms with van der Waals surface area (Å²) in [4.78, 5) is 0. The van der Waals surface area contributed by atoms with Crippen molar-refractivity contribution in [2.75, 3.05) is 0 Å². The van der Waals surface area contributed by atoms with Gasteiger partial charge >= 0.3 is 0 Å². The largest absolute Gasteiger partial charge is 0.452 e. The number of para-hydroxylation sites is 5. The molecule has 0 saturated carbocycles. The van der Waals surface area contributed by atoms with Gasteiger partial charge in [0.1, 0.15) is 74.3 Å². The molecule has 0 aliphatic rings. The first-order valence-corrected chi connectivity index (χ1v) is 44.7. The van der Waals surface area contributed by atoms with E-state index in [2.05, 4.69) is 307 Å². The second-order valence-corrected chi connectivity index (χ2v) is 34.7. The maximum absolute atomic E-state index is 6.47. The van der Waals surface area contributed by atoms with Gasteiger partial charge in [0, 0.05) is 71.4 Å². The van der Waals surface area contributed by atoms with Crippen LogP contribution in [0.15, 0.2) is 391 Å². The van der Waals surface area contributed by atoms with Gasteiger partial charge in [-0.1, -0.05) is 146 Å². The maximum atomic E-state index is 6.47. The van der Waals surface area contributed by atoms with Gasteiger partial charge in [-0.25, -0.2) is 22.8 Å². The van der Waals surface area contributed by atoms with E-state index >= 15 is 0 Å². The van der Waals surface area contributed by atoms with E-state index in [4.69, 9.17) is 44.2 Å². The summed E-state index contributed by atoms with van der Waals surface area (Å²) >= 11 is 0. The molecule has 0 spiro atoms. The van der Waals surface area contributed by atoms with Crippen molar-refractivity contribution in [3.8, 4) is 78.5 Å². The Labute approximate surface area is 762 Å². The molecular weight excluding hydrogens is 1650 g/mol. The van der Waals surface area contributed by atoms with Crippen LogP contribution in [0.25, 0.3) is 244 Å². The molecule has 0 aliphatic heterocycles. The van der Waals surface area contributed by atoms with E-state index in [1.54, 1.807) is 0 Å². The molecule has 0 aliphatic carbocycles. The Bertz CT molecular complexity index is 9320. The minimum absolute atomic E-state index is 0.588. The van der Waals surface area contributed by atoms with Crippen LogP contribution in [-0.2, 0) is 35.2 Å². The van der Waals surface area contributed by atoms with Crippen molar-refractivity contribution in [2.24, 2.45) is 35.2 Å². The van der Waals surface area contributed by atoms with Gasteiger partial charge in [0.05, 0.1) is 76.3 Å². The van der Waals surface area contributed by atoms with Crippen LogP contribution >= 0.6 is 0 Å². The number of aromatic nitrogens is 5. The third-order valence-corrected chi connectivity index (χ3v) is 26.0. The van der Waals surface area contributed by atoms with Gasteiger partial charge in [-0.05, 0) is 206 Å². The molecule has 27 rings (SSSR count). The van der Waals surface area contributed by atoms with E-state index in [0.717, 1.165) is 210 Å². The number of pyridine rings is 5. The van der Waals surface area contributed by atoms with Crippen LogP contribution in [0.1, 0.15) is 33.4 Å². The Morgan fingerprint density at radius 2 is 0.504 bits per heavy atom.